The maximum atomic E-state index is 12.7. The molecule has 2 aromatic heterocycles. The van der Waals surface area contributed by atoms with Gasteiger partial charge in [-0.25, -0.2) is 4.98 Å². The number of rotatable bonds is 6. The fourth-order valence-electron chi connectivity index (χ4n) is 3.90. The summed E-state index contributed by atoms with van der Waals surface area (Å²) >= 11 is 1.39. The van der Waals surface area contributed by atoms with Crippen LogP contribution in [0.1, 0.15) is 12.5 Å². The fraction of sp³-hybridized carbons (Fsp3) is 0.280. The minimum atomic E-state index is -0.209. The highest BCUT2D eigenvalue weighted by Crippen LogP contribution is 2.25. The van der Waals surface area contributed by atoms with Crippen LogP contribution in [0.15, 0.2) is 65.5 Å². The van der Waals surface area contributed by atoms with E-state index >= 15 is 0 Å². The molecule has 1 amide bonds. The molecule has 8 nitrogen and oxygen atoms in total. The lowest BCUT2D eigenvalue weighted by Crippen LogP contribution is -2.50. The van der Waals surface area contributed by atoms with Crippen molar-refractivity contribution < 1.29 is 9.53 Å². The molecule has 2 aromatic carbocycles. The van der Waals surface area contributed by atoms with Crippen LogP contribution in [0, 0.1) is 0 Å². The number of benzene rings is 2. The van der Waals surface area contributed by atoms with E-state index in [0.29, 0.717) is 42.7 Å². The Morgan fingerprint density at radius 3 is 2.47 bits per heavy atom. The van der Waals surface area contributed by atoms with E-state index in [4.69, 9.17) is 4.74 Å². The molecule has 0 aliphatic carbocycles. The van der Waals surface area contributed by atoms with Gasteiger partial charge in [0.1, 0.15) is 16.6 Å². The Bertz CT molecular complexity index is 1340. The molecule has 1 aliphatic rings. The average molecular weight is 476 g/mol. The number of anilines is 1. The van der Waals surface area contributed by atoms with Crippen molar-refractivity contribution in [3.63, 3.8) is 0 Å². The van der Waals surface area contributed by atoms with Gasteiger partial charge >= 0.3 is 0 Å². The van der Waals surface area contributed by atoms with E-state index in [1.807, 2.05) is 59.5 Å². The summed E-state index contributed by atoms with van der Waals surface area (Å²) < 4.78 is 7.02. The highest BCUT2D eigenvalue weighted by Gasteiger charge is 2.23. The number of aromatic nitrogens is 3. The van der Waals surface area contributed by atoms with Crippen LogP contribution >= 0.6 is 11.3 Å². The quantitative estimate of drug-likeness (QED) is 0.426. The summed E-state index contributed by atoms with van der Waals surface area (Å²) in [4.78, 5) is 34.4. The number of ether oxygens (including phenoxy) is 1. The molecule has 0 bridgehead atoms. The Morgan fingerprint density at radius 2 is 1.76 bits per heavy atom. The summed E-state index contributed by atoms with van der Waals surface area (Å²) in [5, 5.41) is 5.19. The molecule has 0 saturated carbocycles. The van der Waals surface area contributed by atoms with Gasteiger partial charge in [0.25, 0.3) is 11.5 Å². The topological polar surface area (TPSA) is 80.0 Å². The normalized spacial score (nSPS) is 13.9. The highest BCUT2D eigenvalue weighted by molar-refractivity contribution is 7.19. The van der Waals surface area contributed by atoms with Crippen LogP contribution in [0.3, 0.4) is 0 Å². The molecule has 0 spiro atoms. The van der Waals surface area contributed by atoms with Crippen LogP contribution in [0.4, 0.5) is 5.82 Å². The molecule has 9 heteroatoms. The SMILES string of the molecule is CCc1ccc(OCC(=O)N2CCN(c3cc(=O)n4nc(-c5ccccc5)sc4n3)CC2)cc1. The van der Waals surface area contributed by atoms with Gasteiger partial charge < -0.3 is 14.5 Å². The van der Waals surface area contributed by atoms with Gasteiger partial charge in [-0.2, -0.15) is 9.61 Å². The number of piperazine rings is 1. The zero-order valence-electron chi connectivity index (χ0n) is 18.9. The molecule has 0 radical (unpaired) electrons. The Morgan fingerprint density at radius 1 is 1.03 bits per heavy atom. The summed E-state index contributed by atoms with van der Waals surface area (Å²) in [6.45, 7) is 4.42. The van der Waals surface area contributed by atoms with Crippen molar-refractivity contribution >= 4 is 28.0 Å². The first-order chi connectivity index (χ1) is 16.6. The maximum Gasteiger partial charge on any atom is 0.277 e. The van der Waals surface area contributed by atoms with Gasteiger partial charge in [0.2, 0.25) is 4.96 Å². The monoisotopic (exact) mass is 475 g/mol. The van der Waals surface area contributed by atoms with Gasteiger partial charge in [-0.15, -0.1) is 0 Å². The van der Waals surface area contributed by atoms with Crippen LogP contribution in [0.25, 0.3) is 15.5 Å². The Kier molecular flexibility index (Phi) is 6.27. The average Bonchev–Trinajstić information content (AvgIpc) is 3.33. The van der Waals surface area contributed by atoms with Crippen molar-refractivity contribution in [2.24, 2.45) is 0 Å². The molecule has 34 heavy (non-hydrogen) atoms. The fourth-order valence-corrected chi connectivity index (χ4v) is 4.81. The van der Waals surface area contributed by atoms with Crippen LogP contribution in [0.5, 0.6) is 5.75 Å². The second-order valence-electron chi connectivity index (χ2n) is 8.07. The van der Waals surface area contributed by atoms with Gasteiger partial charge in [-0.05, 0) is 24.1 Å². The molecule has 0 unspecified atom stereocenters. The molecule has 174 valence electrons. The zero-order valence-corrected chi connectivity index (χ0v) is 19.7. The van der Waals surface area contributed by atoms with Crippen LogP contribution in [-0.4, -0.2) is 58.2 Å². The molecular formula is C25H25N5O3S. The van der Waals surface area contributed by atoms with Crippen molar-refractivity contribution in [2.75, 3.05) is 37.7 Å². The van der Waals surface area contributed by atoms with E-state index in [2.05, 4.69) is 17.0 Å². The smallest absolute Gasteiger partial charge is 0.277 e. The number of carbonyl (C=O) groups is 1. The van der Waals surface area contributed by atoms with E-state index in [1.165, 1.54) is 27.5 Å². The van der Waals surface area contributed by atoms with Crippen molar-refractivity contribution in [1.29, 1.82) is 0 Å². The van der Waals surface area contributed by atoms with Crippen molar-refractivity contribution in [2.45, 2.75) is 13.3 Å². The van der Waals surface area contributed by atoms with Gasteiger partial charge in [0, 0.05) is 37.8 Å². The van der Waals surface area contributed by atoms with Gasteiger partial charge in [-0.1, -0.05) is 60.7 Å². The van der Waals surface area contributed by atoms with E-state index in [9.17, 15) is 9.59 Å². The molecular weight excluding hydrogens is 450 g/mol. The lowest BCUT2D eigenvalue weighted by molar-refractivity contribution is -0.133. The Hall–Kier alpha value is -3.72. The summed E-state index contributed by atoms with van der Waals surface area (Å²) in [7, 11) is 0. The number of hydrogen-bond acceptors (Lipinski definition) is 7. The molecule has 4 aromatic rings. The maximum absolute atomic E-state index is 12.7. The summed E-state index contributed by atoms with van der Waals surface area (Å²) in [6.07, 6.45) is 0.967. The van der Waals surface area contributed by atoms with E-state index in [0.717, 1.165) is 17.0 Å². The first-order valence-corrected chi connectivity index (χ1v) is 12.1. The minimum absolute atomic E-state index is 0.0140. The highest BCUT2D eigenvalue weighted by atomic mass is 32.1. The predicted molar refractivity (Wildman–Crippen MR) is 133 cm³/mol. The molecule has 1 fully saturated rings. The molecule has 1 aliphatic heterocycles. The number of amides is 1. The van der Waals surface area contributed by atoms with E-state index in [1.54, 1.807) is 4.90 Å². The van der Waals surface area contributed by atoms with Crippen molar-refractivity contribution in [3.8, 4) is 16.3 Å². The van der Waals surface area contributed by atoms with Crippen molar-refractivity contribution in [1.82, 2.24) is 19.5 Å². The first-order valence-electron chi connectivity index (χ1n) is 11.3. The van der Waals surface area contributed by atoms with Gasteiger partial charge in [0.05, 0.1) is 0 Å². The number of nitrogens with zero attached hydrogens (tertiary/aromatic N) is 5. The summed E-state index contributed by atoms with van der Waals surface area (Å²) in [5.74, 6) is 1.27. The van der Waals surface area contributed by atoms with Gasteiger partial charge in [-0.3, -0.25) is 9.59 Å². The molecule has 0 N–H and O–H groups in total. The second kappa shape index (κ2) is 9.64. The third kappa shape index (κ3) is 4.65. The minimum Gasteiger partial charge on any atom is -0.484 e. The summed E-state index contributed by atoms with van der Waals surface area (Å²) in [6, 6.07) is 19.1. The molecule has 3 heterocycles. The summed E-state index contributed by atoms with van der Waals surface area (Å²) in [5.41, 5.74) is 1.98. The van der Waals surface area contributed by atoms with Crippen molar-refractivity contribution in [3.05, 3.63) is 76.6 Å². The zero-order chi connectivity index (χ0) is 23.5. The largest absolute Gasteiger partial charge is 0.484 e. The third-order valence-electron chi connectivity index (χ3n) is 5.90. The van der Waals surface area contributed by atoms with E-state index < -0.39 is 0 Å². The Labute approximate surface area is 201 Å². The number of carbonyl (C=O) groups excluding carboxylic acids is 1. The van der Waals surface area contributed by atoms with Crippen LogP contribution in [-0.2, 0) is 11.2 Å². The lowest BCUT2D eigenvalue weighted by atomic mass is 10.2. The van der Waals surface area contributed by atoms with E-state index in [-0.39, 0.29) is 18.1 Å². The second-order valence-corrected chi connectivity index (χ2v) is 9.03. The van der Waals surface area contributed by atoms with Gasteiger partial charge in [0.15, 0.2) is 6.61 Å². The first kappa shape index (κ1) is 22.1. The molecule has 0 atom stereocenters. The van der Waals surface area contributed by atoms with Crippen LogP contribution in [0.2, 0.25) is 0 Å². The Balaban J connectivity index is 1.22. The van der Waals surface area contributed by atoms with Crippen LogP contribution < -0.4 is 15.2 Å². The third-order valence-corrected chi connectivity index (χ3v) is 6.86. The lowest BCUT2D eigenvalue weighted by Gasteiger charge is -2.35. The predicted octanol–water partition coefficient (Wildman–Crippen LogP) is 3.11. The molecule has 1 saturated heterocycles. The number of hydrogen-bond donors (Lipinski definition) is 0. The number of aryl methyl sites for hydroxylation is 1. The number of fused-ring (bicyclic) bond motifs is 1. The molecule has 5 rings (SSSR count). The standard InChI is InChI=1S/C25H25N5O3S/c1-2-18-8-10-20(11-9-18)33-17-23(32)29-14-12-28(13-15-29)21-16-22(31)30-25(26-21)34-24(27-30)19-6-4-3-5-7-19/h3-11,16H,2,12-15,17H2,1H3.